The van der Waals surface area contributed by atoms with Gasteiger partial charge < -0.3 is 10.2 Å². The Bertz CT molecular complexity index is 89.6. The molecule has 0 spiro atoms. The van der Waals surface area contributed by atoms with Crippen molar-refractivity contribution in [1.82, 2.24) is 10.2 Å². The van der Waals surface area contributed by atoms with E-state index in [1.165, 1.54) is 13.0 Å². The highest BCUT2D eigenvalue weighted by Gasteiger charge is 2.06. The molecule has 0 aromatic rings. The second kappa shape index (κ2) is 3.85. The van der Waals surface area contributed by atoms with Gasteiger partial charge in [0.2, 0.25) is 0 Å². The lowest BCUT2D eigenvalue weighted by Crippen LogP contribution is -2.43. The number of nitrogens with zero attached hydrogens (tertiary/aromatic N) is 1. The van der Waals surface area contributed by atoms with Gasteiger partial charge in [0, 0.05) is 26.2 Å². The molecule has 1 rings (SSSR count). The molecule has 54 valence electrons. The summed E-state index contributed by atoms with van der Waals surface area (Å²) in [5, 5.41) is 1.64. The van der Waals surface area contributed by atoms with Crippen LogP contribution in [0, 0.1) is 0 Å². The van der Waals surface area contributed by atoms with Gasteiger partial charge in [-0.1, -0.05) is 6.92 Å². The van der Waals surface area contributed by atoms with Crippen molar-refractivity contribution in [2.75, 3.05) is 32.7 Å². The quantitative estimate of drug-likeness (QED) is 0.577. The van der Waals surface area contributed by atoms with Crippen LogP contribution in [0.2, 0.25) is 1.41 Å². The molecule has 0 bridgehead atoms. The fraction of sp³-hybridized carbons (Fsp3) is 1.00. The average molecular weight is 129 g/mol. The molecule has 2 heteroatoms. The Hall–Kier alpha value is -0.0800. The first-order valence-corrected chi connectivity index (χ1v) is 3.79. The largest absolute Gasteiger partial charge is 0.314 e. The zero-order valence-electron chi connectivity index (χ0n) is 7.14. The van der Waals surface area contributed by atoms with Gasteiger partial charge in [-0.25, -0.2) is 0 Å². The van der Waals surface area contributed by atoms with Crippen molar-refractivity contribution < 1.29 is 1.41 Å². The van der Waals surface area contributed by atoms with Crippen LogP contribution < -0.4 is 5.31 Å². The maximum Gasteiger partial charge on any atom is 0.122 e. The van der Waals surface area contributed by atoms with Gasteiger partial charge in [-0.2, -0.15) is 0 Å². The Morgan fingerprint density at radius 1 is 1.56 bits per heavy atom. The highest BCUT2D eigenvalue weighted by atomic mass is 15.2. The molecular formula is C7H16N2. The summed E-state index contributed by atoms with van der Waals surface area (Å²) in [6.07, 6.45) is 1.23. The molecule has 1 fully saturated rings. The minimum atomic E-state index is 0.917. The summed E-state index contributed by atoms with van der Waals surface area (Å²) in [6.45, 7) is 7.40. The molecule has 9 heavy (non-hydrogen) atoms. The second-order valence-electron chi connectivity index (χ2n) is 2.51. The van der Waals surface area contributed by atoms with E-state index >= 15 is 0 Å². The summed E-state index contributed by atoms with van der Waals surface area (Å²) < 4.78 is 7.30. The molecule has 0 unspecified atom stereocenters. The molecule has 0 saturated carbocycles. The fourth-order valence-electron chi connectivity index (χ4n) is 1.19. The molecule has 0 radical (unpaired) electrons. The predicted octanol–water partition coefficient (Wildman–Crippen LogP) is 0.302. The Balaban J connectivity index is 2.13. The van der Waals surface area contributed by atoms with Gasteiger partial charge in [-0.15, -0.1) is 0 Å². The van der Waals surface area contributed by atoms with Gasteiger partial charge in [0.1, 0.15) is 1.41 Å². The zero-order valence-corrected chi connectivity index (χ0v) is 6.14. The minimum Gasteiger partial charge on any atom is -0.314 e. The Morgan fingerprint density at radius 3 is 2.78 bits per heavy atom. The summed E-state index contributed by atoms with van der Waals surface area (Å²) in [5.74, 6) is 0. The maximum absolute atomic E-state index is 7.30. The lowest BCUT2D eigenvalue weighted by molar-refractivity contribution is 0.241. The normalized spacial score (nSPS) is 26.1. The number of rotatable bonds is 2. The van der Waals surface area contributed by atoms with Crippen LogP contribution in [0.25, 0.3) is 0 Å². The van der Waals surface area contributed by atoms with E-state index in [1.807, 2.05) is 0 Å². The van der Waals surface area contributed by atoms with Crippen molar-refractivity contribution in [3.8, 4) is 0 Å². The summed E-state index contributed by atoms with van der Waals surface area (Å²) in [6, 6.07) is 0. The molecular weight excluding hydrogens is 112 g/mol. The van der Waals surface area contributed by atoms with E-state index in [-0.39, 0.29) is 0 Å². The van der Waals surface area contributed by atoms with Crippen LogP contribution in [-0.2, 0) is 0 Å². The number of nitrogens with one attached hydrogen (secondary N) is 1. The molecule has 1 N–H and O–H groups in total. The third-order valence-corrected chi connectivity index (χ3v) is 1.69. The molecule has 0 amide bonds. The van der Waals surface area contributed by atoms with Gasteiger partial charge in [0.25, 0.3) is 0 Å². The first kappa shape index (κ1) is 5.69. The van der Waals surface area contributed by atoms with Crippen LogP contribution in [0.4, 0.5) is 0 Å². The van der Waals surface area contributed by atoms with Crippen molar-refractivity contribution in [3.05, 3.63) is 0 Å². The second-order valence-corrected chi connectivity index (χ2v) is 2.51. The van der Waals surface area contributed by atoms with Crippen LogP contribution in [0.5, 0.6) is 0 Å². The van der Waals surface area contributed by atoms with E-state index < -0.39 is 0 Å². The van der Waals surface area contributed by atoms with Crippen molar-refractivity contribution in [1.29, 1.82) is 0 Å². The third kappa shape index (κ3) is 2.33. The fourth-order valence-corrected chi connectivity index (χ4v) is 1.19. The van der Waals surface area contributed by atoms with Crippen LogP contribution >= 0.6 is 0 Å². The van der Waals surface area contributed by atoms with Crippen molar-refractivity contribution >= 4 is 0 Å². The van der Waals surface area contributed by atoms with E-state index in [1.54, 1.807) is 5.31 Å². The number of piperazine rings is 1. The molecule has 1 aliphatic heterocycles. The molecule has 1 heterocycles. The lowest BCUT2D eigenvalue weighted by Gasteiger charge is -2.26. The van der Waals surface area contributed by atoms with Crippen molar-refractivity contribution in [3.63, 3.8) is 0 Å². The average Bonchev–Trinajstić information content (AvgIpc) is 1.95. The predicted molar refractivity (Wildman–Crippen MR) is 39.6 cm³/mol. The third-order valence-electron chi connectivity index (χ3n) is 1.69. The maximum atomic E-state index is 7.30. The standard InChI is InChI=1S/C7H16N2/c1-2-5-9-6-3-8-4-7-9/h8H,2-7H2,1H3/i/hD. The number of hydrogen-bond acceptors (Lipinski definition) is 2. The summed E-state index contributed by atoms with van der Waals surface area (Å²) in [5.41, 5.74) is 0. The van der Waals surface area contributed by atoms with E-state index in [4.69, 9.17) is 1.41 Å². The molecule has 0 atom stereocenters. The van der Waals surface area contributed by atoms with E-state index in [2.05, 4.69) is 11.8 Å². The zero-order chi connectivity index (χ0) is 7.40. The topological polar surface area (TPSA) is 15.3 Å². The highest BCUT2D eigenvalue weighted by molar-refractivity contribution is 4.65. The van der Waals surface area contributed by atoms with Crippen molar-refractivity contribution in [2.24, 2.45) is 0 Å². The van der Waals surface area contributed by atoms with E-state index in [0.29, 0.717) is 0 Å². The molecule has 0 aliphatic carbocycles. The van der Waals surface area contributed by atoms with Crippen LogP contribution in [-0.4, -0.2) is 37.6 Å². The summed E-state index contributed by atoms with van der Waals surface area (Å²) in [7, 11) is 0. The summed E-state index contributed by atoms with van der Waals surface area (Å²) >= 11 is 0. The molecule has 0 aromatic carbocycles. The summed E-state index contributed by atoms with van der Waals surface area (Å²) in [4.78, 5) is 2.42. The molecule has 1 aliphatic rings. The van der Waals surface area contributed by atoms with Crippen LogP contribution in [0.3, 0.4) is 0 Å². The first-order valence-electron chi connectivity index (χ1n) is 4.24. The van der Waals surface area contributed by atoms with Crippen LogP contribution in [0.1, 0.15) is 13.3 Å². The van der Waals surface area contributed by atoms with Gasteiger partial charge >= 0.3 is 0 Å². The monoisotopic (exact) mass is 129 g/mol. The van der Waals surface area contributed by atoms with Crippen LogP contribution in [0.15, 0.2) is 0 Å². The Morgan fingerprint density at radius 2 is 2.22 bits per heavy atom. The Labute approximate surface area is 58.7 Å². The van der Waals surface area contributed by atoms with Gasteiger partial charge in [-0.05, 0) is 13.0 Å². The van der Waals surface area contributed by atoms with Crippen molar-refractivity contribution in [2.45, 2.75) is 13.3 Å². The van der Waals surface area contributed by atoms with E-state index in [0.717, 1.165) is 26.2 Å². The highest BCUT2D eigenvalue weighted by Crippen LogP contribution is 1.92. The minimum absolute atomic E-state index is 0.917. The molecule has 0 aromatic heterocycles. The first-order chi connectivity index (χ1) is 4.83. The van der Waals surface area contributed by atoms with E-state index in [9.17, 15) is 0 Å². The van der Waals surface area contributed by atoms with Gasteiger partial charge in [-0.3, -0.25) is 0 Å². The smallest absolute Gasteiger partial charge is 0.122 e. The Kier molecular flexibility index (Phi) is 2.43. The molecule has 1 saturated heterocycles. The van der Waals surface area contributed by atoms with Gasteiger partial charge in [0.15, 0.2) is 0 Å². The SMILES string of the molecule is [2H]N1CCN(CCC)CC1. The molecule has 2 nitrogen and oxygen atoms in total. The van der Waals surface area contributed by atoms with Gasteiger partial charge in [0.05, 0.1) is 0 Å². The lowest BCUT2D eigenvalue weighted by atomic mass is 10.3. The number of hydrogen-bond donors (Lipinski definition) is 1.